The lowest BCUT2D eigenvalue weighted by atomic mass is 9.65. The van der Waals surface area contributed by atoms with E-state index in [1.165, 1.54) is 13.2 Å². The molecule has 7 rings (SSSR count). The number of rotatable bonds is 13. The number of carbonyl (C=O) groups is 5. The molecule has 5 N–H and O–H groups in total. The molecule has 0 bridgehead atoms. The van der Waals surface area contributed by atoms with Gasteiger partial charge in [0, 0.05) is 19.2 Å². The molecule has 1 spiro atoms. The van der Waals surface area contributed by atoms with Crippen molar-refractivity contribution >= 4 is 35.6 Å². The topological polar surface area (TPSA) is 199 Å². The number of esters is 1. The molecule has 3 aliphatic heterocycles. The van der Waals surface area contributed by atoms with E-state index in [-0.39, 0.29) is 50.8 Å². The van der Waals surface area contributed by atoms with Gasteiger partial charge in [-0.25, -0.2) is 14.5 Å². The number of amides is 5. The minimum atomic E-state index is -2.04. The first-order valence-corrected chi connectivity index (χ1v) is 19.6. The Hall–Kier alpha value is -6.99. The minimum absolute atomic E-state index is 0.00824. The number of cyclic esters (lactones) is 1. The SMILES string of the molecule is C=CCNC(=O)[C@@H]1[C@H]2C(=O)O[C@H](c3ccccc3)[C@H](c3ccccc3)N2[C@H](c2ccc(OCCO)cc2)[C@@]12C(=O)N(C(=O)OCCOC)c1ccc(C#CCNC(N)=O)cc12. The van der Waals surface area contributed by atoms with Gasteiger partial charge in [-0.1, -0.05) is 90.7 Å². The van der Waals surface area contributed by atoms with Crippen molar-refractivity contribution in [2.24, 2.45) is 11.7 Å². The third-order valence-electron chi connectivity index (χ3n) is 11.0. The molecule has 2 saturated heterocycles. The number of fused-ring (bicyclic) bond motifs is 3. The summed E-state index contributed by atoms with van der Waals surface area (Å²) in [6.45, 7) is 3.33. The highest BCUT2D eigenvalue weighted by molar-refractivity contribution is 6.23. The van der Waals surface area contributed by atoms with Crippen molar-refractivity contribution in [3.63, 3.8) is 0 Å². The summed E-state index contributed by atoms with van der Waals surface area (Å²) in [5, 5.41) is 14.8. The van der Waals surface area contributed by atoms with E-state index in [0.717, 1.165) is 10.5 Å². The molecule has 4 aromatic rings. The van der Waals surface area contributed by atoms with Gasteiger partial charge in [0.15, 0.2) is 0 Å². The number of nitrogens with zero attached hydrogens (tertiary/aromatic N) is 2. The number of aliphatic hydroxyl groups excluding tert-OH is 1. The van der Waals surface area contributed by atoms with E-state index in [1.54, 1.807) is 42.5 Å². The van der Waals surface area contributed by atoms with Crippen LogP contribution in [0.25, 0.3) is 0 Å². The predicted molar refractivity (Wildman–Crippen MR) is 222 cm³/mol. The Kier molecular flexibility index (Phi) is 12.8. The molecule has 0 aliphatic carbocycles. The Morgan fingerprint density at radius 2 is 1.61 bits per heavy atom. The number of methoxy groups -OCH3 is 1. The van der Waals surface area contributed by atoms with Crippen molar-refractivity contribution < 1.29 is 48.0 Å². The van der Waals surface area contributed by atoms with E-state index >= 15 is 14.4 Å². The van der Waals surface area contributed by atoms with Gasteiger partial charge in [-0.05, 0) is 52.6 Å². The smallest absolute Gasteiger partial charge is 0.421 e. The number of morpholine rings is 1. The average molecular weight is 828 g/mol. The first-order valence-electron chi connectivity index (χ1n) is 19.6. The van der Waals surface area contributed by atoms with Gasteiger partial charge < -0.3 is 40.4 Å². The highest BCUT2D eigenvalue weighted by Gasteiger charge is 2.75. The second-order valence-electron chi connectivity index (χ2n) is 14.4. The maximum Gasteiger partial charge on any atom is 0.421 e. The van der Waals surface area contributed by atoms with Crippen LogP contribution in [0, 0.1) is 17.8 Å². The summed E-state index contributed by atoms with van der Waals surface area (Å²) in [7, 11) is 1.44. The molecule has 0 aromatic heterocycles. The normalized spacial score (nSPS) is 22.6. The van der Waals surface area contributed by atoms with Gasteiger partial charge in [-0.3, -0.25) is 19.3 Å². The van der Waals surface area contributed by atoms with E-state index in [9.17, 15) is 14.7 Å². The van der Waals surface area contributed by atoms with Crippen LogP contribution in [0.5, 0.6) is 5.75 Å². The number of aliphatic hydroxyl groups is 1. The Labute approximate surface area is 352 Å². The number of hydrogen-bond donors (Lipinski definition) is 4. The van der Waals surface area contributed by atoms with E-state index in [1.807, 2.05) is 65.6 Å². The molecule has 15 nitrogen and oxygen atoms in total. The Bertz CT molecular complexity index is 2350. The number of nitrogens with one attached hydrogen (secondary N) is 2. The van der Waals surface area contributed by atoms with E-state index in [2.05, 4.69) is 29.1 Å². The van der Waals surface area contributed by atoms with Crippen LogP contribution in [-0.2, 0) is 34.0 Å². The molecule has 0 radical (unpaired) electrons. The summed E-state index contributed by atoms with van der Waals surface area (Å²) < 4.78 is 22.9. The third kappa shape index (κ3) is 7.92. The molecule has 2 fully saturated rings. The second kappa shape index (κ2) is 18.5. The molecule has 61 heavy (non-hydrogen) atoms. The minimum Gasteiger partial charge on any atom is -0.491 e. The Morgan fingerprint density at radius 3 is 2.26 bits per heavy atom. The molecule has 0 saturated carbocycles. The van der Waals surface area contributed by atoms with Crippen molar-refractivity contribution in [1.82, 2.24) is 15.5 Å². The van der Waals surface area contributed by atoms with Gasteiger partial charge in [-0.2, -0.15) is 0 Å². The number of benzene rings is 4. The van der Waals surface area contributed by atoms with Crippen LogP contribution in [0.4, 0.5) is 15.3 Å². The molecule has 6 atom stereocenters. The average Bonchev–Trinajstić information content (AvgIpc) is 3.73. The van der Waals surface area contributed by atoms with E-state index in [4.69, 9.17) is 24.7 Å². The zero-order valence-corrected chi connectivity index (χ0v) is 33.3. The maximum atomic E-state index is 16.0. The molecule has 3 aliphatic rings. The lowest BCUT2D eigenvalue weighted by Gasteiger charge is -2.46. The van der Waals surface area contributed by atoms with Gasteiger partial charge in [0.1, 0.15) is 36.5 Å². The molecular weight excluding hydrogens is 783 g/mol. The Balaban J connectivity index is 1.56. The van der Waals surface area contributed by atoms with Gasteiger partial charge >= 0.3 is 18.1 Å². The van der Waals surface area contributed by atoms with E-state index < -0.39 is 65.5 Å². The summed E-state index contributed by atoms with van der Waals surface area (Å²) >= 11 is 0. The molecule has 15 heteroatoms. The quantitative estimate of drug-likeness (QED) is 0.0662. The lowest BCUT2D eigenvalue weighted by molar-refractivity contribution is -0.178. The van der Waals surface area contributed by atoms with Gasteiger partial charge in [-0.15, -0.1) is 6.58 Å². The maximum absolute atomic E-state index is 16.0. The fourth-order valence-electron chi connectivity index (χ4n) is 8.71. The lowest BCUT2D eigenvalue weighted by Crippen LogP contribution is -2.55. The first kappa shape index (κ1) is 42.1. The highest BCUT2D eigenvalue weighted by atomic mass is 16.6. The summed E-state index contributed by atoms with van der Waals surface area (Å²) in [4.78, 5) is 74.5. The molecule has 3 heterocycles. The van der Waals surface area contributed by atoms with Crippen LogP contribution in [0.3, 0.4) is 0 Å². The van der Waals surface area contributed by atoms with Crippen molar-refractivity contribution in [1.29, 1.82) is 0 Å². The van der Waals surface area contributed by atoms with Crippen LogP contribution in [0.1, 0.15) is 46.0 Å². The third-order valence-corrected chi connectivity index (χ3v) is 11.0. The number of nitrogens with two attached hydrogens (primary N) is 1. The molecule has 314 valence electrons. The largest absolute Gasteiger partial charge is 0.491 e. The fraction of sp³-hybridized carbons (Fsp3) is 0.283. The van der Waals surface area contributed by atoms with E-state index in [0.29, 0.717) is 22.4 Å². The first-order chi connectivity index (χ1) is 29.7. The number of primary amides is 1. The van der Waals surface area contributed by atoms with Crippen LogP contribution in [0.2, 0.25) is 0 Å². The molecule has 4 aromatic carbocycles. The van der Waals surface area contributed by atoms with Gasteiger partial charge in [0.05, 0.1) is 43.4 Å². The van der Waals surface area contributed by atoms with Gasteiger partial charge in [0.2, 0.25) is 11.8 Å². The predicted octanol–water partition coefficient (Wildman–Crippen LogP) is 3.83. The van der Waals surface area contributed by atoms with Crippen molar-refractivity contribution in [3.05, 3.63) is 144 Å². The highest BCUT2D eigenvalue weighted by Crippen LogP contribution is 2.66. The number of ether oxygens (including phenoxy) is 4. The van der Waals surface area contributed by atoms with Crippen LogP contribution >= 0.6 is 0 Å². The number of imide groups is 1. The molecule has 0 unspecified atom stereocenters. The number of urea groups is 1. The second-order valence-corrected chi connectivity index (χ2v) is 14.4. The summed E-state index contributed by atoms with van der Waals surface area (Å²) in [5.41, 5.74) is 5.84. The van der Waals surface area contributed by atoms with Crippen LogP contribution < -0.4 is 26.0 Å². The monoisotopic (exact) mass is 827 g/mol. The summed E-state index contributed by atoms with van der Waals surface area (Å²) in [6, 6.07) is 26.1. The number of hydrogen-bond acceptors (Lipinski definition) is 11. The number of carbonyl (C=O) groups excluding carboxylic acids is 5. The zero-order valence-electron chi connectivity index (χ0n) is 33.3. The van der Waals surface area contributed by atoms with Crippen molar-refractivity contribution in [2.45, 2.75) is 29.6 Å². The van der Waals surface area contributed by atoms with Crippen molar-refractivity contribution in [3.8, 4) is 17.6 Å². The number of anilines is 1. The summed E-state index contributed by atoms with van der Waals surface area (Å²) in [5.74, 6) is 2.49. The molecule has 5 amide bonds. The molecular formula is C46H45N5O10. The Morgan fingerprint density at radius 1 is 0.902 bits per heavy atom. The summed E-state index contributed by atoms with van der Waals surface area (Å²) in [6.07, 6.45) is -0.458. The standard InChI is InChI=1S/C46H45N5O10/c1-3-22-48-41(53)36-38-42(54)61-39(31-14-8-5-9-15-31)37(30-12-6-4-7-13-30)51(38)40(32-17-19-33(20-18-32)59-25-24-52)46(36)34-28-29(11-10-23-49-44(47)56)16-21-35(34)50(43(46)55)45(57)60-27-26-58-2/h3-9,12-21,28,36-40,52H,1,22-27H2,2H3,(H,48,53)(H3,47,49,56)/t36-,37-,38-,39+,40+,46-/m0/s1. The van der Waals surface area contributed by atoms with Crippen LogP contribution in [0.15, 0.2) is 116 Å². The fourth-order valence-corrected chi connectivity index (χ4v) is 8.71. The zero-order chi connectivity index (χ0) is 43.1. The van der Waals surface area contributed by atoms with Crippen LogP contribution in [-0.4, -0.2) is 92.6 Å². The van der Waals surface area contributed by atoms with Gasteiger partial charge in [0.25, 0.3) is 0 Å². The van der Waals surface area contributed by atoms with Crippen molar-refractivity contribution in [2.75, 3.05) is 51.5 Å².